The van der Waals surface area contributed by atoms with Gasteiger partial charge in [-0.25, -0.2) is 9.37 Å². The van der Waals surface area contributed by atoms with Crippen LogP contribution < -0.4 is 10.5 Å². The molecule has 0 aliphatic carbocycles. The Morgan fingerprint density at radius 2 is 2.07 bits per heavy atom. The minimum atomic E-state index is -0.359. The van der Waals surface area contributed by atoms with Gasteiger partial charge in [0.05, 0.1) is 5.69 Å². The number of nitrogens with two attached hydrogens (primary N) is 1. The Kier molecular flexibility index (Phi) is 2.49. The average Bonchev–Trinajstić information content (AvgIpc) is 2.22. The second-order valence-electron chi connectivity index (χ2n) is 2.96. The summed E-state index contributed by atoms with van der Waals surface area (Å²) in [6, 6.07) is 9.18. The highest BCUT2D eigenvalue weighted by atomic mass is 19.1. The summed E-state index contributed by atoms with van der Waals surface area (Å²) in [6.07, 6.45) is 1.56. The second kappa shape index (κ2) is 3.96. The van der Waals surface area contributed by atoms with Crippen LogP contribution in [0.25, 0.3) is 0 Å². The topological polar surface area (TPSA) is 48.1 Å². The summed E-state index contributed by atoms with van der Waals surface area (Å²) in [5, 5.41) is 0. The number of halogens is 1. The number of hydrogen-bond acceptors (Lipinski definition) is 3. The van der Waals surface area contributed by atoms with Gasteiger partial charge in [-0.15, -0.1) is 0 Å². The standard InChI is InChI=1S/C11H9FN2O/c12-8-3-1-4-9(7-8)15-11-10(13)5-2-6-14-11/h1-7H,13H2. The fourth-order valence-electron chi connectivity index (χ4n) is 1.13. The van der Waals surface area contributed by atoms with Crippen molar-refractivity contribution >= 4 is 5.69 Å². The molecule has 3 nitrogen and oxygen atoms in total. The minimum Gasteiger partial charge on any atom is -0.437 e. The van der Waals surface area contributed by atoms with E-state index in [1.807, 2.05) is 0 Å². The van der Waals surface area contributed by atoms with Crippen LogP contribution in [0, 0.1) is 5.82 Å². The van der Waals surface area contributed by atoms with Crippen LogP contribution in [-0.2, 0) is 0 Å². The zero-order valence-electron chi connectivity index (χ0n) is 7.85. The van der Waals surface area contributed by atoms with Gasteiger partial charge in [0, 0.05) is 12.3 Å². The molecule has 76 valence electrons. The van der Waals surface area contributed by atoms with Gasteiger partial charge in [0.15, 0.2) is 0 Å². The van der Waals surface area contributed by atoms with Gasteiger partial charge in [0.1, 0.15) is 11.6 Å². The van der Waals surface area contributed by atoms with Crippen molar-refractivity contribution in [2.45, 2.75) is 0 Å². The third-order valence-electron chi connectivity index (χ3n) is 1.81. The Labute approximate surface area is 86.3 Å². The van der Waals surface area contributed by atoms with Crippen molar-refractivity contribution in [3.63, 3.8) is 0 Å². The van der Waals surface area contributed by atoms with Crippen LogP contribution in [0.3, 0.4) is 0 Å². The molecule has 1 aromatic carbocycles. The Balaban J connectivity index is 2.26. The maximum Gasteiger partial charge on any atom is 0.242 e. The van der Waals surface area contributed by atoms with E-state index < -0.39 is 0 Å². The highest BCUT2D eigenvalue weighted by molar-refractivity contribution is 5.48. The summed E-state index contributed by atoms with van der Waals surface area (Å²) in [5.41, 5.74) is 6.04. The smallest absolute Gasteiger partial charge is 0.242 e. The van der Waals surface area contributed by atoms with Gasteiger partial charge in [-0.3, -0.25) is 0 Å². The first-order valence-corrected chi connectivity index (χ1v) is 4.39. The van der Waals surface area contributed by atoms with E-state index in [2.05, 4.69) is 4.98 Å². The molecule has 0 atom stereocenters. The van der Waals surface area contributed by atoms with Gasteiger partial charge >= 0.3 is 0 Å². The molecule has 0 saturated carbocycles. The SMILES string of the molecule is Nc1cccnc1Oc1cccc(F)c1. The summed E-state index contributed by atoms with van der Waals surface area (Å²) in [4.78, 5) is 3.93. The first-order valence-electron chi connectivity index (χ1n) is 4.39. The van der Waals surface area contributed by atoms with Gasteiger partial charge in [-0.2, -0.15) is 0 Å². The lowest BCUT2D eigenvalue weighted by molar-refractivity contribution is 0.460. The predicted molar refractivity (Wildman–Crippen MR) is 55.1 cm³/mol. The van der Waals surface area contributed by atoms with Gasteiger partial charge in [-0.1, -0.05) is 6.07 Å². The fourth-order valence-corrected chi connectivity index (χ4v) is 1.13. The first kappa shape index (κ1) is 9.45. The van der Waals surface area contributed by atoms with E-state index in [0.717, 1.165) is 0 Å². The molecule has 0 radical (unpaired) electrons. The molecule has 0 bridgehead atoms. The van der Waals surface area contributed by atoms with E-state index in [1.54, 1.807) is 30.5 Å². The van der Waals surface area contributed by atoms with Crippen molar-refractivity contribution in [3.8, 4) is 11.6 Å². The number of benzene rings is 1. The zero-order chi connectivity index (χ0) is 10.7. The first-order chi connectivity index (χ1) is 7.25. The molecule has 0 unspecified atom stereocenters. The molecular formula is C11H9FN2O. The lowest BCUT2D eigenvalue weighted by atomic mass is 10.3. The molecule has 0 spiro atoms. The van der Waals surface area contributed by atoms with E-state index in [-0.39, 0.29) is 11.7 Å². The molecule has 2 aromatic rings. The molecule has 0 amide bonds. The lowest BCUT2D eigenvalue weighted by Gasteiger charge is -2.06. The third-order valence-corrected chi connectivity index (χ3v) is 1.81. The number of nitrogens with zero attached hydrogens (tertiary/aromatic N) is 1. The van der Waals surface area contributed by atoms with Crippen molar-refractivity contribution in [1.29, 1.82) is 0 Å². The van der Waals surface area contributed by atoms with Crippen LogP contribution >= 0.6 is 0 Å². The van der Waals surface area contributed by atoms with Crippen LogP contribution in [-0.4, -0.2) is 4.98 Å². The van der Waals surface area contributed by atoms with E-state index in [1.165, 1.54) is 12.1 Å². The van der Waals surface area contributed by atoms with E-state index in [4.69, 9.17) is 10.5 Å². The van der Waals surface area contributed by atoms with Gasteiger partial charge < -0.3 is 10.5 Å². The number of rotatable bonds is 2. The number of aromatic nitrogens is 1. The number of anilines is 1. The molecule has 2 N–H and O–H groups in total. The van der Waals surface area contributed by atoms with Crippen LogP contribution in [0.1, 0.15) is 0 Å². The normalized spacial score (nSPS) is 9.93. The van der Waals surface area contributed by atoms with Crippen molar-refractivity contribution in [3.05, 3.63) is 48.4 Å². The zero-order valence-corrected chi connectivity index (χ0v) is 7.85. The molecule has 1 aromatic heterocycles. The summed E-state index contributed by atoms with van der Waals surface area (Å²) in [7, 11) is 0. The summed E-state index contributed by atoms with van der Waals surface area (Å²) >= 11 is 0. The lowest BCUT2D eigenvalue weighted by Crippen LogP contribution is -1.94. The maximum absolute atomic E-state index is 12.8. The number of pyridine rings is 1. The van der Waals surface area contributed by atoms with Crippen LogP contribution in [0.15, 0.2) is 42.6 Å². The van der Waals surface area contributed by atoms with Crippen molar-refractivity contribution in [1.82, 2.24) is 4.98 Å². The second-order valence-corrected chi connectivity index (χ2v) is 2.96. The Morgan fingerprint density at radius 3 is 2.80 bits per heavy atom. The molecule has 0 saturated heterocycles. The molecular weight excluding hydrogens is 195 g/mol. The van der Waals surface area contributed by atoms with Crippen LogP contribution in [0.5, 0.6) is 11.6 Å². The number of nitrogen functional groups attached to an aromatic ring is 1. The fraction of sp³-hybridized carbons (Fsp3) is 0. The Hall–Kier alpha value is -2.10. The van der Waals surface area contributed by atoms with Gasteiger partial charge in [0.25, 0.3) is 0 Å². The molecule has 0 aliphatic rings. The largest absolute Gasteiger partial charge is 0.437 e. The maximum atomic E-state index is 12.8. The van der Waals surface area contributed by atoms with Crippen LogP contribution in [0.4, 0.5) is 10.1 Å². The minimum absolute atomic E-state index is 0.281. The third kappa shape index (κ3) is 2.22. The monoisotopic (exact) mass is 204 g/mol. The summed E-state index contributed by atoms with van der Waals surface area (Å²) in [6.45, 7) is 0. The molecule has 1 heterocycles. The predicted octanol–water partition coefficient (Wildman–Crippen LogP) is 2.60. The van der Waals surface area contributed by atoms with Crippen molar-refractivity contribution < 1.29 is 9.13 Å². The molecule has 0 aliphatic heterocycles. The van der Waals surface area contributed by atoms with Crippen molar-refractivity contribution in [2.75, 3.05) is 5.73 Å². The van der Waals surface area contributed by atoms with E-state index in [0.29, 0.717) is 11.4 Å². The Bertz CT molecular complexity index is 474. The molecule has 4 heteroatoms. The number of hydrogen-bond donors (Lipinski definition) is 1. The molecule has 15 heavy (non-hydrogen) atoms. The summed E-state index contributed by atoms with van der Waals surface area (Å²) < 4.78 is 18.2. The van der Waals surface area contributed by atoms with Gasteiger partial charge in [-0.05, 0) is 24.3 Å². The molecule has 2 rings (SSSR count). The quantitative estimate of drug-likeness (QED) is 0.817. The van der Waals surface area contributed by atoms with Crippen LogP contribution in [0.2, 0.25) is 0 Å². The van der Waals surface area contributed by atoms with E-state index >= 15 is 0 Å². The highest BCUT2D eigenvalue weighted by Gasteiger charge is 2.02. The summed E-state index contributed by atoms with van der Waals surface area (Å²) in [5.74, 6) is 0.297. The highest BCUT2D eigenvalue weighted by Crippen LogP contribution is 2.24. The van der Waals surface area contributed by atoms with Crippen molar-refractivity contribution in [2.24, 2.45) is 0 Å². The van der Waals surface area contributed by atoms with E-state index in [9.17, 15) is 4.39 Å². The van der Waals surface area contributed by atoms with Gasteiger partial charge in [0.2, 0.25) is 5.88 Å². The number of ether oxygens (including phenoxy) is 1. The molecule has 0 fully saturated rings. The average molecular weight is 204 g/mol. The Morgan fingerprint density at radius 1 is 1.20 bits per heavy atom.